The summed E-state index contributed by atoms with van der Waals surface area (Å²) < 4.78 is 5.32. The van der Waals surface area contributed by atoms with E-state index >= 15 is 0 Å². The fourth-order valence-corrected chi connectivity index (χ4v) is 5.38. The minimum absolute atomic E-state index is 0.0954. The van der Waals surface area contributed by atoms with Gasteiger partial charge in [-0.1, -0.05) is 54.2 Å². The summed E-state index contributed by atoms with van der Waals surface area (Å²) in [4.78, 5) is 27.9. The molecule has 5 nitrogen and oxygen atoms in total. The molecule has 8 heteroatoms. The Kier molecular flexibility index (Phi) is 9.78. The van der Waals surface area contributed by atoms with E-state index in [9.17, 15) is 9.59 Å². The van der Waals surface area contributed by atoms with Gasteiger partial charge < -0.3 is 15.0 Å². The van der Waals surface area contributed by atoms with Crippen molar-refractivity contribution >= 4 is 46.8 Å². The molecule has 1 aliphatic rings. The normalized spacial score (nSPS) is 14.7. The van der Waals surface area contributed by atoms with Crippen molar-refractivity contribution < 1.29 is 14.3 Å². The molecule has 0 aliphatic heterocycles. The molecule has 1 fully saturated rings. The molecular weight excluding hydrogens is 479 g/mol. The van der Waals surface area contributed by atoms with Gasteiger partial charge in [0.05, 0.1) is 12.9 Å². The van der Waals surface area contributed by atoms with Crippen LogP contribution in [0, 0.1) is 0 Å². The summed E-state index contributed by atoms with van der Waals surface area (Å²) >= 11 is 13.7. The van der Waals surface area contributed by atoms with Crippen LogP contribution in [0.4, 0.5) is 0 Å². The van der Waals surface area contributed by atoms with Crippen molar-refractivity contribution in [2.75, 3.05) is 12.9 Å². The summed E-state index contributed by atoms with van der Waals surface area (Å²) in [5, 5.41) is 4.29. The van der Waals surface area contributed by atoms with Crippen LogP contribution in [0.3, 0.4) is 0 Å². The number of amides is 2. The molecule has 33 heavy (non-hydrogen) atoms. The van der Waals surface area contributed by atoms with E-state index < -0.39 is 6.04 Å². The molecule has 1 aliphatic carbocycles. The first-order valence-electron chi connectivity index (χ1n) is 11.1. The predicted molar refractivity (Wildman–Crippen MR) is 136 cm³/mol. The number of hydrogen-bond donors (Lipinski definition) is 1. The van der Waals surface area contributed by atoms with E-state index in [0.717, 1.165) is 42.6 Å². The molecule has 2 aromatic carbocycles. The van der Waals surface area contributed by atoms with Crippen LogP contribution in [0.15, 0.2) is 42.5 Å². The third-order valence-electron chi connectivity index (χ3n) is 5.85. The lowest BCUT2D eigenvalue weighted by Crippen LogP contribution is -2.50. The van der Waals surface area contributed by atoms with E-state index in [1.807, 2.05) is 30.3 Å². The molecule has 2 aromatic rings. The van der Waals surface area contributed by atoms with Crippen LogP contribution in [-0.4, -0.2) is 41.7 Å². The Morgan fingerprint density at radius 3 is 2.64 bits per heavy atom. The molecule has 178 valence electrons. The summed E-state index contributed by atoms with van der Waals surface area (Å²) in [5.74, 6) is 1.34. The first kappa shape index (κ1) is 25.7. The average molecular weight is 509 g/mol. The molecule has 1 atom stereocenters. The SMILES string of the molecule is COc1cccc(CN(C(=O)CSCc2ccc(Cl)cc2Cl)[C@@H](C)C(=O)NC2CCCC2)c1. The van der Waals surface area contributed by atoms with Crippen LogP contribution >= 0.6 is 35.0 Å². The Hall–Kier alpha value is -1.89. The number of benzene rings is 2. The van der Waals surface area contributed by atoms with Crippen molar-refractivity contribution in [2.24, 2.45) is 0 Å². The fourth-order valence-electron chi connectivity index (χ4n) is 3.91. The topological polar surface area (TPSA) is 58.6 Å². The number of thioether (sulfide) groups is 1. The number of halogens is 2. The van der Waals surface area contributed by atoms with E-state index in [1.165, 1.54) is 11.8 Å². The van der Waals surface area contributed by atoms with Crippen LogP contribution in [0.1, 0.15) is 43.7 Å². The van der Waals surface area contributed by atoms with E-state index in [2.05, 4.69) is 5.32 Å². The number of nitrogens with one attached hydrogen (secondary N) is 1. The molecular formula is C25H30Cl2N2O3S. The molecule has 1 saturated carbocycles. The highest BCUT2D eigenvalue weighted by Gasteiger charge is 2.28. The number of carbonyl (C=O) groups excluding carboxylic acids is 2. The van der Waals surface area contributed by atoms with Gasteiger partial charge in [-0.2, -0.15) is 0 Å². The van der Waals surface area contributed by atoms with Gasteiger partial charge >= 0.3 is 0 Å². The van der Waals surface area contributed by atoms with Crippen molar-refractivity contribution in [3.63, 3.8) is 0 Å². The predicted octanol–water partition coefficient (Wildman–Crippen LogP) is 5.71. The Morgan fingerprint density at radius 1 is 1.18 bits per heavy atom. The number of carbonyl (C=O) groups is 2. The molecule has 0 bridgehead atoms. The van der Waals surface area contributed by atoms with Crippen molar-refractivity contribution in [2.45, 2.75) is 57.0 Å². The number of methoxy groups -OCH3 is 1. The third-order valence-corrected chi connectivity index (χ3v) is 7.41. The molecule has 0 unspecified atom stereocenters. The Labute approximate surface area is 210 Å². The molecule has 0 spiro atoms. The lowest BCUT2D eigenvalue weighted by molar-refractivity contribution is -0.138. The van der Waals surface area contributed by atoms with Crippen LogP contribution < -0.4 is 10.1 Å². The molecule has 3 rings (SSSR count). The average Bonchev–Trinajstić information content (AvgIpc) is 3.31. The monoisotopic (exact) mass is 508 g/mol. The van der Waals surface area contributed by atoms with Gasteiger partial charge in [0, 0.05) is 28.4 Å². The lowest BCUT2D eigenvalue weighted by atomic mass is 10.1. The van der Waals surface area contributed by atoms with Crippen LogP contribution in [0.2, 0.25) is 10.0 Å². The first-order valence-corrected chi connectivity index (χ1v) is 13.0. The summed E-state index contributed by atoms with van der Waals surface area (Å²) in [6, 6.07) is 12.6. The van der Waals surface area contributed by atoms with Crippen molar-refractivity contribution in [3.05, 3.63) is 63.6 Å². The van der Waals surface area contributed by atoms with Crippen LogP contribution in [0.25, 0.3) is 0 Å². The molecule has 0 saturated heterocycles. The van der Waals surface area contributed by atoms with Crippen molar-refractivity contribution in [1.29, 1.82) is 0 Å². The summed E-state index contributed by atoms with van der Waals surface area (Å²) in [5.41, 5.74) is 1.83. The van der Waals surface area contributed by atoms with Gasteiger partial charge in [0.15, 0.2) is 0 Å². The summed E-state index contributed by atoms with van der Waals surface area (Å²) in [6.45, 7) is 2.13. The molecule has 1 N–H and O–H groups in total. The highest BCUT2D eigenvalue weighted by atomic mass is 35.5. The lowest BCUT2D eigenvalue weighted by Gasteiger charge is -2.30. The quantitative estimate of drug-likeness (QED) is 0.446. The van der Waals surface area contributed by atoms with E-state index in [4.69, 9.17) is 27.9 Å². The van der Waals surface area contributed by atoms with E-state index in [1.54, 1.807) is 31.1 Å². The second-order valence-electron chi connectivity index (χ2n) is 8.27. The number of hydrogen-bond acceptors (Lipinski definition) is 4. The van der Waals surface area contributed by atoms with Gasteiger partial charge in [-0.25, -0.2) is 0 Å². The van der Waals surface area contributed by atoms with E-state index in [0.29, 0.717) is 22.3 Å². The zero-order valence-corrected chi connectivity index (χ0v) is 21.3. The fraction of sp³-hybridized carbons (Fsp3) is 0.440. The highest BCUT2D eigenvalue weighted by molar-refractivity contribution is 7.99. The summed E-state index contributed by atoms with van der Waals surface area (Å²) in [7, 11) is 1.61. The number of rotatable bonds is 10. The maximum absolute atomic E-state index is 13.3. The second kappa shape index (κ2) is 12.5. The maximum Gasteiger partial charge on any atom is 0.242 e. The smallest absolute Gasteiger partial charge is 0.242 e. The molecule has 2 amide bonds. The zero-order chi connectivity index (χ0) is 23.8. The van der Waals surface area contributed by atoms with Crippen molar-refractivity contribution in [3.8, 4) is 5.75 Å². The van der Waals surface area contributed by atoms with Gasteiger partial charge in [-0.15, -0.1) is 11.8 Å². The molecule has 0 aromatic heterocycles. The standard InChI is InChI=1S/C25H30Cl2N2O3S/c1-17(25(31)28-21-7-3-4-8-21)29(14-18-6-5-9-22(12-18)32-2)24(30)16-33-15-19-10-11-20(26)13-23(19)27/h5-6,9-13,17,21H,3-4,7-8,14-16H2,1-2H3,(H,28,31)/t17-/m0/s1. The Morgan fingerprint density at radius 2 is 1.94 bits per heavy atom. The van der Waals surface area contributed by atoms with Gasteiger partial charge in [0.25, 0.3) is 0 Å². The van der Waals surface area contributed by atoms with E-state index in [-0.39, 0.29) is 23.6 Å². The largest absolute Gasteiger partial charge is 0.497 e. The van der Waals surface area contributed by atoms with Gasteiger partial charge in [-0.3, -0.25) is 9.59 Å². The minimum Gasteiger partial charge on any atom is -0.497 e. The van der Waals surface area contributed by atoms with Crippen LogP contribution in [-0.2, 0) is 21.9 Å². The van der Waals surface area contributed by atoms with Gasteiger partial charge in [0.1, 0.15) is 11.8 Å². The Balaban J connectivity index is 1.68. The number of nitrogens with zero attached hydrogens (tertiary/aromatic N) is 1. The van der Waals surface area contributed by atoms with Gasteiger partial charge in [0.2, 0.25) is 11.8 Å². The number of ether oxygens (including phenoxy) is 1. The van der Waals surface area contributed by atoms with Gasteiger partial charge in [-0.05, 0) is 55.2 Å². The Bertz CT molecular complexity index is 966. The second-order valence-corrected chi connectivity index (χ2v) is 10.1. The third kappa shape index (κ3) is 7.56. The molecule has 0 radical (unpaired) electrons. The van der Waals surface area contributed by atoms with Crippen LogP contribution in [0.5, 0.6) is 5.75 Å². The minimum atomic E-state index is -0.580. The van der Waals surface area contributed by atoms with Crippen molar-refractivity contribution in [1.82, 2.24) is 10.2 Å². The summed E-state index contributed by atoms with van der Waals surface area (Å²) in [6.07, 6.45) is 4.27. The molecule has 0 heterocycles. The first-order chi connectivity index (χ1) is 15.9. The highest BCUT2D eigenvalue weighted by Crippen LogP contribution is 2.25. The zero-order valence-electron chi connectivity index (χ0n) is 19.0. The maximum atomic E-state index is 13.3.